The number of thioether (sulfide) groups is 1. The van der Waals surface area contributed by atoms with E-state index in [1.165, 1.54) is 11.1 Å². The van der Waals surface area contributed by atoms with Crippen LogP contribution in [0.2, 0.25) is 0 Å². The van der Waals surface area contributed by atoms with Gasteiger partial charge in [0.05, 0.1) is 13.7 Å². The lowest BCUT2D eigenvalue weighted by Gasteiger charge is -2.25. The molecule has 22 heavy (non-hydrogen) atoms. The highest BCUT2D eigenvalue weighted by Crippen LogP contribution is 2.31. The Labute approximate surface area is 136 Å². The van der Waals surface area contributed by atoms with Gasteiger partial charge in [-0.3, -0.25) is 4.98 Å². The number of hydrogen-bond acceptors (Lipinski definition) is 4. The highest BCUT2D eigenvalue weighted by Gasteiger charge is 2.21. The van der Waals surface area contributed by atoms with Crippen molar-refractivity contribution in [3.05, 3.63) is 53.3 Å². The average molecular weight is 315 g/mol. The first-order valence-corrected chi connectivity index (χ1v) is 8.90. The molecule has 3 nitrogen and oxygen atoms in total. The van der Waals surface area contributed by atoms with Crippen LogP contribution in [0.25, 0.3) is 0 Å². The summed E-state index contributed by atoms with van der Waals surface area (Å²) in [5.74, 6) is 3.32. The number of pyridine rings is 1. The summed E-state index contributed by atoms with van der Waals surface area (Å²) in [6.07, 6.45) is 6.10. The smallest absolute Gasteiger partial charge is 0.126 e. The van der Waals surface area contributed by atoms with Crippen molar-refractivity contribution in [3.8, 4) is 11.5 Å². The standard InChI is InChI=1S/C18H21NO2S/c1-20-17-6-4-15-7-14(11-21-18(15)9-17)8-16-5-3-13(10-19-16)12-22-2/h3-6,9-10,14H,7-8,11-12H2,1-2H3/t14-/m1/s1. The van der Waals surface area contributed by atoms with E-state index in [0.29, 0.717) is 5.92 Å². The molecule has 1 aromatic heterocycles. The van der Waals surface area contributed by atoms with Crippen molar-refractivity contribution in [1.29, 1.82) is 0 Å². The number of hydrogen-bond donors (Lipinski definition) is 0. The number of fused-ring (bicyclic) bond motifs is 1. The van der Waals surface area contributed by atoms with Gasteiger partial charge in [-0.2, -0.15) is 11.8 Å². The highest BCUT2D eigenvalue weighted by atomic mass is 32.2. The molecule has 0 aliphatic carbocycles. The first kappa shape index (κ1) is 15.2. The van der Waals surface area contributed by atoms with Crippen molar-refractivity contribution in [2.45, 2.75) is 18.6 Å². The van der Waals surface area contributed by atoms with E-state index < -0.39 is 0 Å². The second-order valence-corrected chi connectivity index (χ2v) is 6.52. The van der Waals surface area contributed by atoms with Crippen LogP contribution in [0.4, 0.5) is 0 Å². The molecule has 0 spiro atoms. The Morgan fingerprint density at radius 1 is 1.32 bits per heavy atom. The van der Waals surface area contributed by atoms with E-state index in [1.54, 1.807) is 7.11 Å². The molecular formula is C18H21NO2S. The lowest BCUT2D eigenvalue weighted by atomic mass is 9.92. The molecule has 1 aliphatic rings. The number of nitrogens with zero attached hydrogens (tertiary/aromatic N) is 1. The lowest BCUT2D eigenvalue weighted by molar-refractivity contribution is 0.219. The van der Waals surface area contributed by atoms with Gasteiger partial charge in [0.15, 0.2) is 0 Å². The van der Waals surface area contributed by atoms with E-state index in [0.717, 1.165) is 42.4 Å². The largest absolute Gasteiger partial charge is 0.497 e. The van der Waals surface area contributed by atoms with E-state index in [2.05, 4.69) is 29.4 Å². The quantitative estimate of drug-likeness (QED) is 0.841. The predicted molar refractivity (Wildman–Crippen MR) is 90.8 cm³/mol. The van der Waals surface area contributed by atoms with E-state index in [1.807, 2.05) is 30.1 Å². The molecule has 1 atom stereocenters. The third kappa shape index (κ3) is 3.55. The molecule has 3 rings (SSSR count). The summed E-state index contributed by atoms with van der Waals surface area (Å²) in [5, 5.41) is 0. The monoisotopic (exact) mass is 315 g/mol. The normalized spacial score (nSPS) is 16.7. The minimum absolute atomic E-state index is 0.486. The van der Waals surface area contributed by atoms with E-state index in [4.69, 9.17) is 9.47 Å². The SMILES string of the molecule is COc1ccc2c(c1)OC[C@@H](Cc1ccc(CSC)cn1)C2. The summed E-state index contributed by atoms with van der Waals surface area (Å²) < 4.78 is 11.1. The molecule has 1 aliphatic heterocycles. The molecule has 0 fully saturated rings. The zero-order valence-corrected chi connectivity index (χ0v) is 13.9. The molecule has 0 bridgehead atoms. The molecule has 4 heteroatoms. The summed E-state index contributed by atoms with van der Waals surface area (Å²) in [5.41, 5.74) is 3.69. The Bertz CT molecular complexity index is 627. The van der Waals surface area contributed by atoms with Gasteiger partial charge in [0.2, 0.25) is 0 Å². The maximum absolute atomic E-state index is 5.90. The van der Waals surface area contributed by atoms with Crippen molar-refractivity contribution in [2.24, 2.45) is 5.92 Å². The molecule has 2 aromatic rings. The average Bonchev–Trinajstić information content (AvgIpc) is 2.56. The van der Waals surface area contributed by atoms with E-state index >= 15 is 0 Å². The van der Waals surface area contributed by atoms with Gasteiger partial charge in [-0.25, -0.2) is 0 Å². The number of aromatic nitrogens is 1. The fourth-order valence-electron chi connectivity index (χ4n) is 2.80. The highest BCUT2D eigenvalue weighted by molar-refractivity contribution is 7.97. The molecule has 0 amide bonds. The molecule has 0 saturated heterocycles. The molecule has 0 radical (unpaired) electrons. The Morgan fingerprint density at radius 3 is 2.95 bits per heavy atom. The van der Waals surface area contributed by atoms with Crippen molar-refractivity contribution >= 4 is 11.8 Å². The Balaban J connectivity index is 1.64. The van der Waals surface area contributed by atoms with E-state index in [9.17, 15) is 0 Å². The van der Waals surface area contributed by atoms with Crippen LogP contribution in [0.3, 0.4) is 0 Å². The molecule has 0 unspecified atom stereocenters. The molecular weight excluding hydrogens is 294 g/mol. The summed E-state index contributed by atoms with van der Waals surface area (Å²) >= 11 is 1.82. The van der Waals surface area contributed by atoms with Crippen LogP contribution in [-0.2, 0) is 18.6 Å². The van der Waals surface area contributed by atoms with Crippen LogP contribution in [-0.4, -0.2) is 25.0 Å². The fraction of sp³-hybridized carbons (Fsp3) is 0.389. The van der Waals surface area contributed by atoms with Gasteiger partial charge < -0.3 is 9.47 Å². The third-order valence-corrected chi connectivity index (χ3v) is 4.57. The summed E-state index contributed by atoms with van der Waals surface area (Å²) in [7, 11) is 1.68. The first-order chi connectivity index (χ1) is 10.8. The van der Waals surface area contributed by atoms with Crippen LogP contribution in [0.15, 0.2) is 36.5 Å². The fourth-order valence-corrected chi connectivity index (χ4v) is 3.30. The molecule has 0 saturated carbocycles. The van der Waals surface area contributed by atoms with Gasteiger partial charge >= 0.3 is 0 Å². The molecule has 0 N–H and O–H groups in total. The lowest BCUT2D eigenvalue weighted by Crippen LogP contribution is -2.23. The maximum atomic E-state index is 5.90. The topological polar surface area (TPSA) is 31.4 Å². The van der Waals surface area contributed by atoms with Gasteiger partial charge in [-0.05, 0) is 42.4 Å². The van der Waals surface area contributed by atoms with Gasteiger partial charge in [-0.15, -0.1) is 0 Å². The summed E-state index contributed by atoms with van der Waals surface area (Å²) in [4.78, 5) is 4.59. The Hall–Kier alpha value is -1.68. The molecule has 1 aromatic carbocycles. The van der Waals surface area contributed by atoms with Crippen molar-refractivity contribution in [3.63, 3.8) is 0 Å². The van der Waals surface area contributed by atoms with Crippen molar-refractivity contribution < 1.29 is 9.47 Å². The van der Waals surface area contributed by atoms with Gasteiger partial charge in [0, 0.05) is 29.6 Å². The van der Waals surface area contributed by atoms with Crippen LogP contribution in [0.5, 0.6) is 11.5 Å². The van der Waals surface area contributed by atoms with Crippen LogP contribution in [0.1, 0.15) is 16.8 Å². The molecule has 116 valence electrons. The Kier molecular flexibility index (Phi) is 4.88. The third-order valence-electron chi connectivity index (χ3n) is 3.95. The zero-order valence-electron chi connectivity index (χ0n) is 13.0. The number of rotatable bonds is 5. The number of ether oxygens (including phenoxy) is 2. The van der Waals surface area contributed by atoms with Crippen LogP contribution < -0.4 is 9.47 Å². The molecule has 2 heterocycles. The Morgan fingerprint density at radius 2 is 2.23 bits per heavy atom. The van der Waals surface area contributed by atoms with Crippen molar-refractivity contribution in [2.75, 3.05) is 20.0 Å². The van der Waals surface area contributed by atoms with Gasteiger partial charge in [0.25, 0.3) is 0 Å². The summed E-state index contributed by atoms with van der Waals surface area (Å²) in [6.45, 7) is 0.744. The minimum Gasteiger partial charge on any atom is -0.497 e. The first-order valence-electron chi connectivity index (χ1n) is 7.51. The van der Waals surface area contributed by atoms with E-state index in [-0.39, 0.29) is 0 Å². The maximum Gasteiger partial charge on any atom is 0.126 e. The van der Waals surface area contributed by atoms with Gasteiger partial charge in [0.1, 0.15) is 11.5 Å². The zero-order chi connectivity index (χ0) is 15.4. The van der Waals surface area contributed by atoms with Crippen LogP contribution >= 0.6 is 11.8 Å². The van der Waals surface area contributed by atoms with Crippen LogP contribution in [0, 0.1) is 5.92 Å². The second kappa shape index (κ2) is 7.05. The number of methoxy groups -OCH3 is 1. The predicted octanol–water partition coefficient (Wildman–Crippen LogP) is 3.75. The number of benzene rings is 1. The minimum atomic E-state index is 0.486. The van der Waals surface area contributed by atoms with Gasteiger partial charge in [-0.1, -0.05) is 12.1 Å². The summed E-state index contributed by atoms with van der Waals surface area (Å²) in [6, 6.07) is 10.4. The van der Waals surface area contributed by atoms with Crippen molar-refractivity contribution in [1.82, 2.24) is 4.98 Å². The second-order valence-electron chi connectivity index (χ2n) is 5.65.